The van der Waals surface area contributed by atoms with Gasteiger partial charge in [-0.3, -0.25) is 4.90 Å². The van der Waals surface area contributed by atoms with Crippen molar-refractivity contribution in [3.8, 4) is 11.4 Å². The molecule has 3 aromatic heterocycles. The SMILES string of the molecule is COc1ccc(-n2nnnc2Sc2nc(CN3CCOCC3)nc3sc(C)c(C)c23)cc1. The molecule has 0 unspecified atom stereocenters. The van der Waals surface area contributed by atoms with Gasteiger partial charge in [-0.1, -0.05) is 0 Å². The lowest BCUT2D eigenvalue weighted by molar-refractivity contribution is 0.0330. The molecule has 1 saturated heterocycles. The number of fused-ring (bicyclic) bond motifs is 1. The van der Waals surface area contributed by atoms with E-state index in [4.69, 9.17) is 19.4 Å². The van der Waals surface area contributed by atoms with Gasteiger partial charge in [0.25, 0.3) is 0 Å². The van der Waals surface area contributed by atoms with Crippen LogP contribution in [0.15, 0.2) is 34.4 Å². The van der Waals surface area contributed by atoms with Crippen molar-refractivity contribution in [2.24, 2.45) is 0 Å². The van der Waals surface area contributed by atoms with Crippen LogP contribution in [0.4, 0.5) is 0 Å². The summed E-state index contributed by atoms with van der Waals surface area (Å²) in [5.74, 6) is 1.59. The Morgan fingerprint density at radius 1 is 1.12 bits per heavy atom. The highest BCUT2D eigenvalue weighted by atomic mass is 32.2. The molecule has 0 aliphatic carbocycles. The second kappa shape index (κ2) is 9.10. The van der Waals surface area contributed by atoms with Crippen molar-refractivity contribution in [1.82, 2.24) is 35.1 Å². The minimum atomic E-state index is 0.649. The maximum Gasteiger partial charge on any atom is 0.220 e. The molecule has 11 heteroatoms. The van der Waals surface area contributed by atoms with Crippen LogP contribution in [0.25, 0.3) is 15.9 Å². The zero-order valence-corrected chi connectivity index (χ0v) is 19.7. The molecule has 0 N–H and O–H groups in total. The number of nitrogens with zero attached hydrogens (tertiary/aromatic N) is 7. The Morgan fingerprint density at radius 2 is 1.91 bits per heavy atom. The smallest absolute Gasteiger partial charge is 0.220 e. The van der Waals surface area contributed by atoms with E-state index in [1.54, 1.807) is 23.1 Å². The van der Waals surface area contributed by atoms with Gasteiger partial charge in [-0.15, -0.1) is 16.4 Å². The molecule has 1 aromatic carbocycles. The molecule has 0 bridgehead atoms. The second-order valence-corrected chi connectivity index (χ2v) is 9.63. The standard InChI is InChI=1S/C21H23N7O2S2/c1-13-14(2)31-19-18(13)20(23-17(22-19)12-27-8-10-30-11-9-27)32-21-24-25-26-28(21)15-4-6-16(29-3)7-5-15/h4-7H,8-12H2,1-3H3. The number of aromatic nitrogens is 6. The Bertz CT molecular complexity index is 1230. The fourth-order valence-electron chi connectivity index (χ4n) is 3.57. The molecule has 32 heavy (non-hydrogen) atoms. The summed E-state index contributed by atoms with van der Waals surface area (Å²) in [5.41, 5.74) is 2.06. The van der Waals surface area contributed by atoms with Crippen molar-refractivity contribution in [3.63, 3.8) is 0 Å². The number of morpholine rings is 1. The molecule has 1 aliphatic heterocycles. The van der Waals surface area contributed by atoms with Gasteiger partial charge in [0.1, 0.15) is 21.4 Å². The Balaban J connectivity index is 1.51. The van der Waals surface area contributed by atoms with Crippen LogP contribution in [0.3, 0.4) is 0 Å². The van der Waals surface area contributed by atoms with Gasteiger partial charge in [0.15, 0.2) is 0 Å². The molecule has 0 saturated carbocycles. The topological polar surface area (TPSA) is 91.1 Å². The molecule has 0 radical (unpaired) electrons. The van der Waals surface area contributed by atoms with Crippen LogP contribution in [0.2, 0.25) is 0 Å². The highest BCUT2D eigenvalue weighted by Gasteiger charge is 2.20. The lowest BCUT2D eigenvalue weighted by Gasteiger charge is -2.25. The van der Waals surface area contributed by atoms with E-state index < -0.39 is 0 Å². The van der Waals surface area contributed by atoms with E-state index in [1.807, 2.05) is 24.3 Å². The number of benzene rings is 1. The van der Waals surface area contributed by atoms with E-state index in [-0.39, 0.29) is 0 Å². The average Bonchev–Trinajstić information content (AvgIpc) is 3.38. The minimum absolute atomic E-state index is 0.649. The van der Waals surface area contributed by atoms with Gasteiger partial charge in [0.2, 0.25) is 5.16 Å². The first kappa shape index (κ1) is 21.3. The number of thiophene rings is 1. The molecular formula is C21H23N7O2S2. The fraction of sp³-hybridized carbons (Fsp3) is 0.381. The summed E-state index contributed by atoms with van der Waals surface area (Å²) in [6.45, 7) is 8.22. The molecular weight excluding hydrogens is 446 g/mol. The summed E-state index contributed by atoms with van der Waals surface area (Å²) in [5, 5.41) is 15.0. The lowest BCUT2D eigenvalue weighted by Crippen LogP contribution is -2.36. The van der Waals surface area contributed by atoms with E-state index in [0.717, 1.165) is 58.8 Å². The lowest BCUT2D eigenvalue weighted by atomic mass is 10.2. The van der Waals surface area contributed by atoms with E-state index in [9.17, 15) is 0 Å². The predicted octanol–water partition coefficient (Wildman–Crippen LogP) is 3.28. The first-order valence-corrected chi connectivity index (χ1v) is 11.9. The maximum absolute atomic E-state index is 5.47. The Hall–Kier alpha value is -2.60. The molecule has 1 fully saturated rings. The van der Waals surface area contributed by atoms with Crippen molar-refractivity contribution in [2.75, 3.05) is 33.4 Å². The van der Waals surface area contributed by atoms with Crippen LogP contribution < -0.4 is 4.74 Å². The van der Waals surface area contributed by atoms with Crippen molar-refractivity contribution >= 4 is 33.3 Å². The molecule has 0 atom stereocenters. The summed E-state index contributed by atoms with van der Waals surface area (Å²) < 4.78 is 12.4. The fourth-order valence-corrected chi connectivity index (χ4v) is 5.67. The van der Waals surface area contributed by atoms with Crippen LogP contribution in [-0.2, 0) is 11.3 Å². The van der Waals surface area contributed by atoms with Crippen LogP contribution in [0.1, 0.15) is 16.3 Å². The average molecular weight is 470 g/mol. The third-order valence-corrected chi connectivity index (χ3v) is 7.48. The zero-order valence-electron chi connectivity index (χ0n) is 18.1. The molecule has 5 rings (SSSR count). The van der Waals surface area contributed by atoms with Crippen molar-refractivity contribution in [1.29, 1.82) is 0 Å². The van der Waals surface area contributed by atoms with Crippen LogP contribution in [0, 0.1) is 13.8 Å². The van der Waals surface area contributed by atoms with Crippen LogP contribution in [0.5, 0.6) is 5.75 Å². The van der Waals surface area contributed by atoms with Crippen molar-refractivity contribution < 1.29 is 9.47 Å². The van der Waals surface area contributed by atoms with E-state index in [2.05, 4.69) is 34.3 Å². The van der Waals surface area contributed by atoms with E-state index in [1.165, 1.54) is 22.2 Å². The number of ether oxygens (including phenoxy) is 2. The maximum atomic E-state index is 5.47. The van der Waals surface area contributed by atoms with Gasteiger partial charge in [0, 0.05) is 23.4 Å². The summed E-state index contributed by atoms with van der Waals surface area (Å²) in [4.78, 5) is 14.4. The predicted molar refractivity (Wildman–Crippen MR) is 123 cm³/mol. The largest absolute Gasteiger partial charge is 0.497 e. The van der Waals surface area contributed by atoms with Gasteiger partial charge in [-0.05, 0) is 65.9 Å². The third-order valence-electron chi connectivity index (χ3n) is 5.46. The molecule has 0 spiro atoms. The first-order valence-electron chi connectivity index (χ1n) is 10.3. The second-order valence-electron chi connectivity index (χ2n) is 7.47. The van der Waals surface area contributed by atoms with Gasteiger partial charge >= 0.3 is 0 Å². The third kappa shape index (κ3) is 4.20. The quantitative estimate of drug-likeness (QED) is 0.395. The van der Waals surface area contributed by atoms with Gasteiger partial charge in [-0.2, -0.15) is 4.68 Å². The normalized spacial score (nSPS) is 14.8. The number of hydrogen-bond donors (Lipinski definition) is 0. The van der Waals surface area contributed by atoms with Gasteiger partial charge in [-0.25, -0.2) is 9.97 Å². The van der Waals surface area contributed by atoms with Gasteiger partial charge in [0.05, 0.1) is 32.6 Å². The number of aryl methyl sites for hydroxylation is 2. The van der Waals surface area contributed by atoms with Gasteiger partial charge < -0.3 is 9.47 Å². The number of methoxy groups -OCH3 is 1. The molecule has 4 heterocycles. The zero-order chi connectivity index (χ0) is 22.1. The first-order chi connectivity index (χ1) is 15.6. The van der Waals surface area contributed by atoms with Crippen molar-refractivity contribution in [2.45, 2.75) is 30.6 Å². The summed E-state index contributed by atoms with van der Waals surface area (Å²) >= 11 is 3.17. The van der Waals surface area contributed by atoms with E-state index in [0.29, 0.717) is 11.7 Å². The molecule has 166 valence electrons. The summed E-state index contributed by atoms with van der Waals surface area (Å²) in [6, 6.07) is 7.64. The van der Waals surface area contributed by atoms with Crippen LogP contribution in [-0.4, -0.2) is 68.5 Å². The molecule has 1 aliphatic rings. The Kier molecular flexibility index (Phi) is 6.05. The van der Waals surface area contributed by atoms with Crippen LogP contribution >= 0.6 is 23.1 Å². The Labute approximate surface area is 193 Å². The Morgan fingerprint density at radius 3 is 2.66 bits per heavy atom. The summed E-state index contributed by atoms with van der Waals surface area (Å²) in [7, 11) is 1.65. The molecule has 0 amide bonds. The number of rotatable bonds is 6. The minimum Gasteiger partial charge on any atom is -0.497 e. The molecule has 4 aromatic rings. The van der Waals surface area contributed by atoms with E-state index >= 15 is 0 Å². The monoisotopic (exact) mass is 469 g/mol. The summed E-state index contributed by atoms with van der Waals surface area (Å²) in [6.07, 6.45) is 0. The molecule has 9 nitrogen and oxygen atoms in total. The van der Waals surface area contributed by atoms with Crippen molar-refractivity contribution in [3.05, 3.63) is 40.5 Å². The highest BCUT2D eigenvalue weighted by Crippen LogP contribution is 2.38. The number of tetrazole rings is 1. The number of hydrogen-bond acceptors (Lipinski definition) is 10. The highest BCUT2D eigenvalue weighted by molar-refractivity contribution is 7.99.